The maximum atomic E-state index is 13.7. The van der Waals surface area contributed by atoms with Crippen molar-refractivity contribution >= 4 is 43.4 Å². The van der Waals surface area contributed by atoms with Gasteiger partial charge in [0.05, 0.1) is 0 Å². The highest BCUT2D eigenvalue weighted by Gasteiger charge is 2.31. The zero-order valence-electron chi connectivity index (χ0n) is 9.34. The molecule has 17 heavy (non-hydrogen) atoms. The summed E-state index contributed by atoms with van der Waals surface area (Å²) in [7, 11) is 0. The number of halogens is 3. The summed E-state index contributed by atoms with van der Waals surface area (Å²) in [6.07, 6.45) is -2.11. The van der Waals surface area contributed by atoms with Crippen molar-refractivity contribution < 1.29 is 14.0 Å². The molecular weight excluding hydrogens is 355 g/mol. The molecule has 1 aromatic rings. The minimum atomic E-state index is -2.11. The van der Waals surface area contributed by atoms with Crippen molar-refractivity contribution in [3.05, 3.63) is 32.7 Å². The number of carbonyl (C=O) groups excluding carboxylic acids is 2. The lowest BCUT2D eigenvalue weighted by atomic mass is 9.98. The fourth-order valence-electron chi connectivity index (χ4n) is 1.28. The van der Waals surface area contributed by atoms with Crippen molar-refractivity contribution in [3.63, 3.8) is 0 Å². The highest BCUT2D eigenvalue weighted by atomic mass is 79.9. The van der Waals surface area contributed by atoms with E-state index in [0.29, 0.717) is 8.95 Å². The largest absolute Gasteiger partial charge is 0.296 e. The molecule has 0 saturated heterocycles. The van der Waals surface area contributed by atoms with Crippen molar-refractivity contribution in [2.45, 2.75) is 20.0 Å². The highest BCUT2D eigenvalue weighted by Crippen LogP contribution is 2.27. The molecule has 2 nitrogen and oxygen atoms in total. The lowest BCUT2D eigenvalue weighted by molar-refractivity contribution is -0.125. The zero-order chi connectivity index (χ0) is 13.2. The van der Waals surface area contributed by atoms with E-state index < -0.39 is 23.7 Å². The molecule has 92 valence electrons. The van der Waals surface area contributed by atoms with Crippen molar-refractivity contribution in [1.29, 1.82) is 0 Å². The van der Waals surface area contributed by atoms with Crippen LogP contribution in [0.2, 0.25) is 0 Å². The summed E-state index contributed by atoms with van der Waals surface area (Å²) >= 11 is 6.35. The maximum Gasteiger partial charge on any atom is 0.221 e. The van der Waals surface area contributed by atoms with Gasteiger partial charge in [0.1, 0.15) is 0 Å². The Bertz CT molecular complexity index is 438. The van der Waals surface area contributed by atoms with Gasteiger partial charge >= 0.3 is 0 Å². The van der Waals surface area contributed by atoms with E-state index in [1.54, 1.807) is 32.0 Å². The van der Waals surface area contributed by atoms with Crippen LogP contribution in [0.15, 0.2) is 27.1 Å². The molecule has 1 atom stereocenters. The predicted octanol–water partition coefficient (Wildman–Crippen LogP) is 3.96. The molecule has 0 heterocycles. The summed E-state index contributed by atoms with van der Waals surface area (Å²) < 4.78 is 14.7. The minimum Gasteiger partial charge on any atom is -0.296 e. The predicted molar refractivity (Wildman–Crippen MR) is 70.9 cm³/mol. The van der Waals surface area contributed by atoms with Gasteiger partial charge in [-0.15, -0.1) is 0 Å². The van der Waals surface area contributed by atoms with E-state index in [2.05, 4.69) is 31.9 Å². The van der Waals surface area contributed by atoms with Crippen LogP contribution >= 0.6 is 31.9 Å². The molecule has 0 aromatic heterocycles. The maximum absolute atomic E-state index is 13.7. The van der Waals surface area contributed by atoms with Gasteiger partial charge in [0, 0.05) is 20.4 Å². The number of ketones is 2. The van der Waals surface area contributed by atoms with E-state index >= 15 is 0 Å². The number of benzene rings is 1. The second kappa shape index (κ2) is 5.87. The molecule has 0 spiro atoms. The van der Waals surface area contributed by atoms with Crippen molar-refractivity contribution in [2.75, 3.05) is 0 Å². The van der Waals surface area contributed by atoms with E-state index in [-0.39, 0.29) is 5.56 Å². The standard InChI is InChI=1S/C12H11Br2FO2/c1-6(2)11(16)10(15)12(17)9-7(13)4-3-5-8(9)14/h3-6,10H,1-2H3. The van der Waals surface area contributed by atoms with E-state index in [0.717, 1.165) is 0 Å². The average Bonchev–Trinajstić information content (AvgIpc) is 2.26. The van der Waals surface area contributed by atoms with E-state index in [9.17, 15) is 14.0 Å². The van der Waals surface area contributed by atoms with Crippen molar-refractivity contribution in [1.82, 2.24) is 0 Å². The lowest BCUT2D eigenvalue weighted by Gasteiger charge is -2.11. The van der Waals surface area contributed by atoms with Crippen LogP contribution < -0.4 is 0 Å². The van der Waals surface area contributed by atoms with Gasteiger partial charge in [-0.3, -0.25) is 9.59 Å². The normalized spacial score (nSPS) is 12.6. The molecule has 1 unspecified atom stereocenters. The summed E-state index contributed by atoms with van der Waals surface area (Å²) in [5, 5.41) is 0. The summed E-state index contributed by atoms with van der Waals surface area (Å²) in [6.45, 7) is 3.13. The van der Waals surface area contributed by atoms with Crippen LogP contribution in [0.3, 0.4) is 0 Å². The van der Waals surface area contributed by atoms with Crippen LogP contribution in [0.1, 0.15) is 24.2 Å². The molecule has 0 aliphatic heterocycles. The first-order chi connectivity index (χ1) is 7.86. The van der Waals surface area contributed by atoms with Crippen LogP contribution in [-0.4, -0.2) is 17.7 Å². The monoisotopic (exact) mass is 364 g/mol. The Morgan fingerprint density at radius 3 is 2.06 bits per heavy atom. The van der Waals surface area contributed by atoms with Gasteiger partial charge in [-0.05, 0) is 12.1 Å². The molecule has 0 amide bonds. The van der Waals surface area contributed by atoms with Crippen LogP contribution in [0.4, 0.5) is 4.39 Å². The topological polar surface area (TPSA) is 34.1 Å². The number of carbonyl (C=O) groups is 2. The first-order valence-corrected chi connectivity index (χ1v) is 6.61. The van der Waals surface area contributed by atoms with Crippen LogP contribution in [0, 0.1) is 5.92 Å². The summed E-state index contributed by atoms with van der Waals surface area (Å²) in [5.41, 5.74) is 0.161. The van der Waals surface area contributed by atoms with Gasteiger partial charge in [-0.2, -0.15) is 0 Å². The van der Waals surface area contributed by atoms with Gasteiger partial charge in [-0.1, -0.05) is 51.8 Å². The second-order valence-corrected chi connectivity index (χ2v) is 5.59. The smallest absolute Gasteiger partial charge is 0.221 e. The van der Waals surface area contributed by atoms with Crippen LogP contribution in [-0.2, 0) is 4.79 Å². The Balaban J connectivity index is 3.09. The van der Waals surface area contributed by atoms with Gasteiger partial charge in [0.2, 0.25) is 12.0 Å². The molecule has 1 rings (SSSR count). The first-order valence-electron chi connectivity index (χ1n) is 5.02. The Morgan fingerprint density at radius 1 is 1.18 bits per heavy atom. The summed E-state index contributed by atoms with van der Waals surface area (Å²) in [6, 6.07) is 4.97. The first kappa shape index (κ1) is 14.5. The van der Waals surface area contributed by atoms with Crippen LogP contribution in [0.25, 0.3) is 0 Å². The summed E-state index contributed by atoms with van der Waals surface area (Å²) in [5.74, 6) is -2.02. The second-order valence-electron chi connectivity index (χ2n) is 3.88. The number of hydrogen-bond donors (Lipinski definition) is 0. The Morgan fingerprint density at radius 2 is 1.65 bits per heavy atom. The zero-order valence-corrected chi connectivity index (χ0v) is 12.5. The van der Waals surface area contributed by atoms with E-state index in [4.69, 9.17) is 0 Å². The Labute approximate surface area is 116 Å². The van der Waals surface area contributed by atoms with E-state index in [1.165, 1.54) is 0 Å². The van der Waals surface area contributed by atoms with Gasteiger partial charge in [-0.25, -0.2) is 4.39 Å². The molecule has 0 aliphatic rings. The van der Waals surface area contributed by atoms with Crippen molar-refractivity contribution in [2.24, 2.45) is 5.92 Å². The van der Waals surface area contributed by atoms with Crippen molar-refractivity contribution in [3.8, 4) is 0 Å². The van der Waals surface area contributed by atoms with E-state index in [1.807, 2.05) is 0 Å². The lowest BCUT2D eigenvalue weighted by Crippen LogP contribution is -2.29. The third-order valence-electron chi connectivity index (χ3n) is 2.26. The van der Waals surface area contributed by atoms with Gasteiger partial charge < -0.3 is 0 Å². The van der Waals surface area contributed by atoms with Gasteiger partial charge in [0.15, 0.2) is 5.78 Å². The molecule has 0 aliphatic carbocycles. The summed E-state index contributed by atoms with van der Waals surface area (Å²) in [4.78, 5) is 23.3. The molecule has 1 aromatic carbocycles. The molecule has 0 radical (unpaired) electrons. The number of Topliss-reactive ketones (excluding diaryl/α,β-unsaturated/α-hetero) is 2. The highest BCUT2D eigenvalue weighted by molar-refractivity contribution is 9.11. The van der Waals surface area contributed by atoms with Crippen LogP contribution in [0.5, 0.6) is 0 Å². The Hall–Kier alpha value is -0.550. The minimum absolute atomic E-state index is 0.161. The molecule has 0 N–H and O–H groups in total. The van der Waals surface area contributed by atoms with Gasteiger partial charge in [0.25, 0.3) is 0 Å². The third kappa shape index (κ3) is 3.22. The molecule has 0 fully saturated rings. The number of hydrogen-bond acceptors (Lipinski definition) is 2. The fourth-order valence-corrected chi connectivity index (χ4v) is 2.67. The molecule has 0 bridgehead atoms. The number of rotatable bonds is 4. The quantitative estimate of drug-likeness (QED) is 0.597. The SMILES string of the molecule is CC(C)C(=O)C(F)C(=O)c1c(Br)cccc1Br. The fraction of sp³-hybridized carbons (Fsp3) is 0.333. The Kier molecular flexibility index (Phi) is 5.01. The average molecular weight is 366 g/mol. The number of alkyl halides is 1. The third-order valence-corrected chi connectivity index (χ3v) is 3.58. The molecule has 5 heteroatoms. The molecular formula is C12H11Br2FO2. The molecule has 0 saturated carbocycles.